The maximum absolute atomic E-state index is 12.1. The molecule has 2 rings (SSSR count). The molecule has 2 aromatic rings. The van der Waals surface area contributed by atoms with Gasteiger partial charge in [-0.15, -0.1) is 0 Å². The maximum Gasteiger partial charge on any atom is 0.251 e. The summed E-state index contributed by atoms with van der Waals surface area (Å²) in [6, 6.07) is 13.5. The summed E-state index contributed by atoms with van der Waals surface area (Å²) in [6.07, 6.45) is 3.61. The third-order valence-electron chi connectivity index (χ3n) is 3.52. The van der Waals surface area contributed by atoms with Gasteiger partial charge in [0.2, 0.25) is 0 Å². The van der Waals surface area contributed by atoms with Gasteiger partial charge in [-0.25, -0.2) is 0 Å². The molecule has 0 unspecified atom stereocenters. The predicted molar refractivity (Wildman–Crippen MR) is 90.3 cm³/mol. The van der Waals surface area contributed by atoms with E-state index in [1.807, 2.05) is 42.5 Å². The molecule has 0 radical (unpaired) electrons. The molecule has 1 aromatic heterocycles. The largest absolute Gasteiger partial charge is 0.375 e. The van der Waals surface area contributed by atoms with Crippen molar-refractivity contribution in [3.63, 3.8) is 0 Å². The van der Waals surface area contributed by atoms with Crippen LogP contribution in [0.2, 0.25) is 0 Å². The van der Waals surface area contributed by atoms with Gasteiger partial charge < -0.3 is 10.2 Å². The number of carbonyl (C=O) groups excluding carboxylic acids is 1. The van der Waals surface area contributed by atoms with Crippen LogP contribution in [0.4, 0.5) is 5.69 Å². The zero-order valence-corrected chi connectivity index (χ0v) is 13.2. The number of benzene rings is 1. The van der Waals surface area contributed by atoms with Crippen LogP contribution < -0.4 is 10.2 Å². The van der Waals surface area contributed by atoms with E-state index in [9.17, 15) is 4.79 Å². The standard InChI is InChI=1S/C18H23N3O/c1-3-14-21(2)17-9-7-15(8-10-17)18(22)20-13-11-16-6-4-5-12-19-16/h4-10,12H,3,11,13-14H2,1-2H3,(H,20,22). The second kappa shape index (κ2) is 8.17. The molecule has 0 fully saturated rings. The summed E-state index contributed by atoms with van der Waals surface area (Å²) in [6.45, 7) is 3.75. The zero-order valence-electron chi connectivity index (χ0n) is 13.2. The van der Waals surface area contributed by atoms with Gasteiger partial charge in [-0.3, -0.25) is 9.78 Å². The average molecular weight is 297 g/mol. The van der Waals surface area contributed by atoms with Crippen molar-refractivity contribution in [3.8, 4) is 0 Å². The second-order valence-corrected chi connectivity index (χ2v) is 5.30. The van der Waals surface area contributed by atoms with Crippen LogP contribution in [-0.4, -0.2) is 31.0 Å². The Bertz CT molecular complexity index is 581. The molecule has 4 heteroatoms. The highest BCUT2D eigenvalue weighted by Crippen LogP contribution is 2.14. The van der Waals surface area contributed by atoms with Crippen LogP contribution in [0.3, 0.4) is 0 Å². The molecule has 1 aromatic carbocycles. The molecule has 1 heterocycles. The second-order valence-electron chi connectivity index (χ2n) is 5.30. The summed E-state index contributed by atoms with van der Waals surface area (Å²) in [4.78, 5) is 18.5. The topological polar surface area (TPSA) is 45.2 Å². The van der Waals surface area contributed by atoms with E-state index < -0.39 is 0 Å². The summed E-state index contributed by atoms with van der Waals surface area (Å²) in [5, 5.41) is 2.93. The summed E-state index contributed by atoms with van der Waals surface area (Å²) in [5.74, 6) is -0.0411. The Kier molecular flexibility index (Phi) is 5.95. The minimum Gasteiger partial charge on any atom is -0.375 e. The van der Waals surface area contributed by atoms with Gasteiger partial charge in [0.15, 0.2) is 0 Å². The molecule has 0 saturated heterocycles. The Morgan fingerprint density at radius 1 is 1.18 bits per heavy atom. The van der Waals surface area contributed by atoms with Crippen LogP contribution in [-0.2, 0) is 6.42 Å². The van der Waals surface area contributed by atoms with Crippen molar-refractivity contribution in [2.24, 2.45) is 0 Å². The molecule has 0 saturated carbocycles. The maximum atomic E-state index is 12.1. The average Bonchev–Trinajstić information content (AvgIpc) is 2.56. The third-order valence-corrected chi connectivity index (χ3v) is 3.52. The van der Waals surface area contributed by atoms with Crippen molar-refractivity contribution in [2.75, 3.05) is 25.0 Å². The fourth-order valence-corrected chi connectivity index (χ4v) is 2.28. The van der Waals surface area contributed by atoms with Crippen molar-refractivity contribution < 1.29 is 4.79 Å². The molecular formula is C18H23N3O. The van der Waals surface area contributed by atoms with E-state index in [1.165, 1.54) is 0 Å². The van der Waals surface area contributed by atoms with Crippen LogP contribution in [0, 0.1) is 0 Å². The Hall–Kier alpha value is -2.36. The number of nitrogens with zero attached hydrogens (tertiary/aromatic N) is 2. The van der Waals surface area contributed by atoms with Gasteiger partial charge >= 0.3 is 0 Å². The van der Waals surface area contributed by atoms with E-state index >= 15 is 0 Å². The number of rotatable bonds is 7. The molecule has 116 valence electrons. The van der Waals surface area contributed by atoms with E-state index in [2.05, 4.69) is 29.2 Å². The lowest BCUT2D eigenvalue weighted by Gasteiger charge is -2.18. The van der Waals surface area contributed by atoms with Crippen molar-refractivity contribution in [1.29, 1.82) is 0 Å². The van der Waals surface area contributed by atoms with Gasteiger partial charge in [-0.1, -0.05) is 13.0 Å². The summed E-state index contributed by atoms with van der Waals surface area (Å²) >= 11 is 0. The highest BCUT2D eigenvalue weighted by molar-refractivity contribution is 5.94. The van der Waals surface area contributed by atoms with Gasteiger partial charge in [-0.05, 0) is 42.8 Å². The molecule has 4 nitrogen and oxygen atoms in total. The third kappa shape index (κ3) is 4.58. The van der Waals surface area contributed by atoms with E-state index in [0.29, 0.717) is 12.1 Å². The van der Waals surface area contributed by atoms with Gasteiger partial charge in [-0.2, -0.15) is 0 Å². The lowest BCUT2D eigenvalue weighted by Crippen LogP contribution is -2.26. The summed E-state index contributed by atoms with van der Waals surface area (Å²) in [5.41, 5.74) is 2.81. The number of hydrogen-bond acceptors (Lipinski definition) is 3. The first-order chi connectivity index (χ1) is 10.7. The minimum atomic E-state index is -0.0411. The number of amides is 1. The van der Waals surface area contributed by atoms with Crippen LogP contribution in [0.5, 0.6) is 0 Å². The molecule has 22 heavy (non-hydrogen) atoms. The normalized spacial score (nSPS) is 10.3. The number of nitrogens with one attached hydrogen (secondary N) is 1. The van der Waals surface area contributed by atoms with E-state index in [-0.39, 0.29) is 5.91 Å². The van der Waals surface area contributed by atoms with Crippen molar-refractivity contribution in [2.45, 2.75) is 19.8 Å². The lowest BCUT2D eigenvalue weighted by molar-refractivity contribution is 0.0954. The minimum absolute atomic E-state index is 0.0411. The molecular weight excluding hydrogens is 274 g/mol. The summed E-state index contributed by atoms with van der Waals surface area (Å²) in [7, 11) is 2.06. The zero-order chi connectivity index (χ0) is 15.8. The van der Waals surface area contributed by atoms with Gasteiger partial charge in [0, 0.05) is 49.7 Å². The molecule has 0 spiro atoms. The van der Waals surface area contributed by atoms with Gasteiger partial charge in [0.1, 0.15) is 0 Å². The van der Waals surface area contributed by atoms with Crippen molar-refractivity contribution in [1.82, 2.24) is 10.3 Å². The van der Waals surface area contributed by atoms with E-state index in [0.717, 1.165) is 30.8 Å². The van der Waals surface area contributed by atoms with Gasteiger partial charge in [0.25, 0.3) is 5.91 Å². The SMILES string of the molecule is CCCN(C)c1ccc(C(=O)NCCc2ccccn2)cc1. The molecule has 0 aliphatic heterocycles. The van der Waals surface area contributed by atoms with E-state index in [1.54, 1.807) is 6.20 Å². The Balaban J connectivity index is 1.84. The Morgan fingerprint density at radius 3 is 2.59 bits per heavy atom. The van der Waals surface area contributed by atoms with Crippen LogP contribution in [0.25, 0.3) is 0 Å². The Morgan fingerprint density at radius 2 is 1.95 bits per heavy atom. The van der Waals surface area contributed by atoms with E-state index in [4.69, 9.17) is 0 Å². The first-order valence-electron chi connectivity index (χ1n) is 7.70. The van der Waals surface area contributed by atoms with Gasteiger partial charge in [0.05, 0.1) is 0 Å². The first-order valence-corrected chi connectivity index (χ1v) is 7.70. The number of pyridine rings is 1. The number of anilines is 1. The number of hydrogen-bond donors (Lipinski definition) is 1. The molecule has 0 aliphatic rings. The van der Waals surface area contributed by atoms with Crippen LogP contribution >= 0.6 is 0 Å². The molecule has 0 atom stereocenters. The monoisotopic (exact) mass is 297 g/mol. The highest BCUT2D eigenvalue weighted by atomic mass is 16.1. The molecule has 0 aliphatic carbocycles. The predicted octanol–water partition coefficient (Wildman–Crippen LogP) is 2.90. The van der Waals surface area contributed by atoms with Crippen LogP contribution in [0.1, 0.15) is 29.4 Å². The van der Waals surface area contributed by atoms with Crippen LogP contribution in [0.15, 0.2) is 48.7 Å². The fraction of sp³-hybridized carbons (Fsp3) is 0.333. The quantitative estimate of drug-likeness (QED) is 0.854. The number of carbonyl (C=O) groups is 1. The molecule has 0 bridgehead atoms. The highest BCUT2D eigenvalue weighted by Gasteiger charge is 2.06. The molecule has 1 amide bonds. The lowest BCUT2D eigenvalue weighted by atomic mass is 10.1. The smallest absolute Gasteiger partial charge is 0.251 e. The number of aromatic nitrogens is 1. The summed E-state index contributed by atoms with van der Waals surface area (Å²) < 4.78 is 0. The van der Waals surface area contributed by atoms with Crippen molar-refractivity contribution in [3.05, 3.63) is 59.9 Å². The molecule has 1 N–H and O–H groups in total. The first kappa shape index (κ1) is 16.0. The fourth-order valence-electron chi connectivity index (χ4n) is 2.28. The Labute approximate surface area is 132 Å². The van der Waals surface area contributed by atoms with Crippen molar-refractivity contribution >= 4 is 11.6 Å².